The second kappa shape index (κ2) is 5.36. The molecule has 1 N–H and O–H groups in total. The Bertz CT molecular complexity index is 527. The van der Waals surface area contributed by atoms with Crippen LogP contribution in [-0.2, 0) is 6.42 Å². The summed E-state index contributed by atoms with van der Waals surface area (Å²) in [4.78, 5) is 0.933. The minimum absolute atomic E-state index is 0.0253. The molecule has 0 amide bonds. The maximum atomic E-state index is 13.2. The Labute approximate surface area is 112 Å². The van der Waals surface area contributed by atoms with Gasteiger partial charge in [-0.25, -0.2) is 4.39 Å². The molecule has 1 atom stereocenters. The van der Waals surface area contributed by atoms with Gasteiger partial charge in [0.25, 0.3) is 0 Å². The van der Waals surface area contributed by atoms with Crippen LogP contribution in [-0.4, -0.2) is 5.11 Å². The fourth-order valence-corrected chi connectivity index (χ4v) is 2.92. The average Bonchev–Trinajstić information content (AvgIpc) is 2.68. The topological polar surface area (TPSA) is 20.2 Å². The van der Waals surface area contributed by atoms with Crippen molar-refractivity contribution in [1.29, 1.82) is 0 Å². The third-order valence-corrected chi connectivity index (χ3v) is 4.02. The molecule has 2 rings (SSSR count). The standard InChI is InChI=1S/C12H9Cl2FOS/c13-11-5-4-7(17-11)6-10(16)8-2-1-3-9(15)12(8)14/h1-5,10,16H,6H2. The minimum atomic E-state index is -0.826. The van der Waals surface area contributed by atoms with Gasteiger partial charge < -0.3 is 5.11 Å². The lowest BCUT2D eigenvalue weighted by Gasteiger charge is -2.11. The van der Waals surface area contributed by atoms with Gasteiger partial charge in [0.15, 0.2) is 0 Å². The van der Waals surface area contributed by atoms with Gasteiger partial charge in [0.05, 0.1) is 15.5 Å². The summed E-state index contributed by atoms with van der Waals surface area (Å²) < 4.78 is 13.9. The SMILES string of the molecule is OC(Cc1ccc(Cl)s1)c1cccc(F)c1Cl. The second-order valence-corrected chi connectivity index (χ2v) is 5.75. The summed E-state index contributed by atoms with van der Waals surface area (Å²) in [6.07, 6.45) is -0.450. The van der Waals surface area contributed by atoms with E-state index < -0.39 is 11.9 Å². The highest BCUT2D eigenvalue weighted by Gasteiger charge is 2.15. The summed E-state index contributed by atoms with van der Waals surface area (Å²) in [6, 6.07) is 8.01. The number of thiophene rings is 1. The monoisotopic (exact) mass is 290 g/mol. The molecule has 0 aliphatic heterocycles. The van der Waals surface area contributed by atoms with Gasteiger partial charge in [0, 0.05) is 16.9 Å². The van der Waals surface area contributed by atoms with E-state index in [0.717, 1.165) is 4.88 Å². The van der Waals surface area contributed by atoms with E-state index in [4.69, 9.17) is 23.2 Å². The summed E-state index contributed by atoms with van der Waals surface area (Å²) in [5, 5.41) is 9.98. The van der Waals surface area contributed by atoms with Crippen LogP contribution in [0.15, 0.2) is 30.3 Å². The molecule has 1 unspecified atom stereocenters. The van der Waals surface area contributed by atoms with E-state index in [1.807, 2.05) is 6.07 Å². The number of hydrogen-bond acceptors (Lipinski definition) is 2. The maximum absolute atomic E-state index is 13.2. The summed E-state index contributed by atoms with van der Waals surface area (Å²) in [7, 11) is 0. The van der Waals surface area contributed by atoms with Crippen LogP contribution in [0.1, 0.15) is 16.5 Å². The van der Waals surface area contributed by atoms with Gasteiger partial charge in [-0.2, -0.15) is 0 Å². The highest BCUT2D eigenvalue weighted by atomic mass is 35.5. The minimum Gasteiger partial charge on any atom is -0.388 e. The molecule has 0 bridgehead atoms. The first-order chi connectivity index (χ1) is 8.08. The molecule has 0 spiro atoms. The number of rotatable bonds is 3. The predicted molar refractivity (Wildman–Crippen MR) is 69.4 cm³/mol. The first-order valence-electron chi connectivity index (χ1n) is 4.94. The third-order valence-electron chi connectivity index (χ3n) is 2.36. The van der Waals surface area contributed by atoms with Crippen LogP contribution in [0.3, 0.4) is 0 Å². The van der Waals surface area contributed by atoms with Gasteiger partial charge in [-0.05, 0) is 18.2 Å². The second-order valence-electron chi connectivity index (χ2n) is 3.57. The lowest BCUT2D eigenvalue weighted by molar-refractivity contribution is 0.179. The van der Waals surface area contributed by atoms with Crippen molar-refractivity contribution in [3.8, 4) is 0 Å². The first-order valence-corrected chi connectivity index (χ1v) is 6.51. The van der Waals surface area contributed by atoms with Crippen LogP contribution in [0.4, 0.5) is 4.39 Å². The molecule has 0 aliphatic carbocycles. The number of halogens is 3. The number of aliphatic hydroxyl groups excluding tert-OH is 1. The highest BCUT2D eigenvalue weighted by molar-refractivity contribution is 7.16. The normalized spacial score (nSPS) is 12.7. The molecule has 0 radical (unpaired) electrons. The van der Waals surface area contributed by atoms with Crippen LogP contribution in [0.25, 0.3) is 0 Å². The molecule has 17 heavy (non-hydrogen) atoms. The number of aliphatic hydroxyl groups is 1. The van der Waals surface area contributed by atoms with Crippen molar-refractivity contribution < 1.29 is 9.50 Å². The van der Waals surface area contributed by atoms with Gasteiger partial charge in [-0.3, -0.25) is 0 Å². The van der Waals surface area contributed by atoms with E-state index >= 15 is 0 Å². The van der Waals surface area contributed by atoms with Gasteiger partial charge in [0.1, 0.15) is 5.82 Å². The van der Waals surface area contributed by atoms with Gasteiger partial charge in [-0.1, -0.05) is 35.3 Å². The quantitative estimate of drug-likeness (QED) is 0.884. The zero-order chi connectivity index (χ0) is 12.4. The largest absolute Gasteiger partial charge is 0.388 e. The number of hydrogen-bond donors (Lipinski definition) is 1. The van der Waals surface area contributed by atoms with Crippen LogP contribution < -0.4 is 0 Å². The molecule has 5 heteroatoms. The zero-order valence-corrected chi connectivity index (χ0v) is 11.0. The molecule has 0 aliphatic rings. The van der Waals surface area contributed by atoms with E-state index in [-0.39, 0.29) is 5.02 Å². The Kier molecular flexibility index (Phi) is 4.05. The first kappa shape index (κ1) is 12.8. The fraction of sp³-hybridized carbons (Fsp3) is 0.167. The molecule has 2 aromatic rings. The Morgan fingerprint density at radius 2 is 2.00 bits per heavy atom. The van der Waals surface area contributed by atoms with Crippen molar-refractivity contribution in [2.75, 3.05) is 0 Å². The van der Waals surface area contributed by atoms with Crippen molar-refractivity contribution in [3.63, 3.8) is 0 Å². The predicted octanol–water partition coefficient (Wildman–Crippen LogP) is 4.47. The van der Waals surface area contributed by atoms with Crippen LogP contribution in [0.2, 0.25) is 9.36 Å². The zero-order valence-electron chi connectivity index (χ0n) is 8.66. The molecule has 1 aromatic heterocycles. The van der Waals surface area contributed by atoms with E-state index in [2.05, 4.69) is 0 Å². The Morgan fingerprint density at radius 3 is 2.65 bits per heavy atom. The van der Waals surface area contributed by atoms with Crippen molar-refractivity contribution in [2.24, 2.45) is 0 Å². The Balaban J connectivity index is 2.20. The molecule has 0 saturated heterocycles. The Hall–Kier alpha value is -0.610. The summed E-state index contributed by atoms with van der Waals surface area (Å²) in [5.41, 5.74) is 0.399. The molecule has 90 valence electrons. The molecule has 1 heterocycles. The Morgan fingerprint density at radius 1 is 1.24 bits per heavy atom. The van der Waals surface area contributed by atoms with Crippen LogP contribution >= 0.6 is 34.5 Å². The number of benzene rings is 1. The molecular formula is C12H9Cl2FOS. The highest BCUT2D eigenvalue weighted by Crippen LogP contribution is 2.30. The van der Waals surface area contributed by atoms with E-state index in [0.29, 0.717) is 16.3 Å². The maximum Gasteiger partial charge on any atom is 0.142 e. The van der Waals surface area contributed by atoms with Gasteiger partial charge >= 0.3 is 0 Å². The molecule has 0 saturated carbocycles. The van der Waals surface area contributed by atoms with E-state index in [9.17, 15) is 9.50 Å². The van der Waals surface area contributed by atoms with Crippen molar-refractivity contribution >= 4 is 34.5 Å². The van der Waals surface area contributed by atoms with Gasteiger partial charge in [0.2, 0.25) is 0 Å². The van der Waals surface area contributed by atoms with Gasteiger partial charge in [-0.15, -0.1) is 11.3 Å². The lowest BCUT2D eigenvalue weighted by atomic mass is 10.1. The molecule has 1 aromatic carbocycles. The van der Waals surface area contributed by atoms with Crippen LogP contribution in [0, 0.1) is 5.82 Å². The molecule has 1 nitrogen and oxygen atoms in total. The van der Waals surface area contributed by atoms with Crippen molar-refractivity contribution in [2.45, 2.75) is 12.5 Å². The fourth-order valence-electron chi connectivity index (χ4n) is 1.54. The van der Waals surface area contributed by atoms with Crippen molar-refractivity contribution in [1.82, 2.24) is 0 Å². The average molecular weight is 291 g/mol. The van der Waals surface area contributed by atoms with E-state index in [1.54, 1.807) is 12.1 Å². The molecular weight excluding hydrogens is 282 g/mol. The smallest absolute Gasteiger partial charge is 0.142 e. The summed E-state index contributed by atoms with van der Waals surface area (Å²) >= 11 is 13.0. The third kappa shape index (κ3) is 2.99. The summed E-state index contributed by atoms with van der Waals surface area (Å²) in [5.74, 6) is -0.521. The van der Waals surface area contributed by atoms with E-state index in [1.165, 1.54) is 23.5 Å². The van der Waals surface area contributed by atoms with Crippen LogP contribution in [0.5, 0.6) is 0 Å². The molecule has 0 fully saturated rings. The van der Waals surface area contributed by atoms with Crippen molar-refractivity contribution in [3.05, 3.63) is 55.9 Å². The lowest BCUT2D eigenvalue weighted by Crippen LogP contribution is -2.02. The summed E-state index contributed by atoms with van der Waals surface area (Å²) in [6.45, 7) is 0.